The van der Waals surface area contributed by atoms with Crippen molar-refractivity contribution in [1.82, 2.24) is 5.32 Å². The minimum atomic E-state index is -0.0734. The van der Waals surface area contributed by atoms with Crippen LogP contribution < -0.4 is 11.1 Å². The smallest absolute Gasteiger partial charge is 0.253 e. The van der Waals surface area contributed by atoms with Crippen molar-refractivity contribution in [3.8, 4) is 0 Å². The third kappa shape index (κ3) is 3.28. The second kappa shape index (κ2) is 5.93. The predicted octanol–water partition coefficient (Wildman–Crippen LogP) is 2.81. The van der Waals surface area contributed by atoms with Gasteiger partial charge in [0.25, 0.3) is 5.91 Å². The number of hydrogen-bond acceptors (Lipinski definition) is 2. The van der Waals surface area contributed by atoms with Gasteiger partial charge in [0.05, 0.1) is 10.6 Å². The first-order chi connectivity index (χ1) is 9.01. The highest BCUT2D eigenvalue weighted by Gasteiger charge is 2.25. The predicted molar refractivity (Wildman–Crippen MR) is 78.6 cm³/mol. The van der Waals surface area contributed by atoms with E-state index in [-0.39, 0.29) is 11.9 Å². The molecule has 0 unspecified atom stereocenters. The molecule has 4 heteroatoms. The number of hydrogen-bond donors (Lipinski definition) is 2. The first-order valence-electron chi connectivity index (χ1n) is 6.79. The SMILES string of the molecule is Cc1cc(Cl)c(C(=O)N[C@H]2CC[C@H](CN)C2)cc1C. The molecule has 104 valence electrons. The number of halogens is 1. The van der Waals surface area contributed by atoms with E-state index in [4.69, 9.17) is 17.3 Å². The number of nitrogens with two attached hydrogens (primary N) is 1. The fraction of sp³-hybridized carbons (Fsp3) is 0.533. The van der Waals surface area contributed by atoms with Crippen LogP contribution in [0.3, 0.4) is 0 Å². The van der Waals surface area contributed by atoms with Gasteiger partial charge < -0.3 is 11.1 Å². The molecule has 0 aliphatic heterocycles. The van der Waals surface area contributed by atoms with Crippen molar-refractivity contribution in [1.29, 1.82) is 0 Å². The maximum atomic E-state index is 12.3. The minimum absolute atomic E-state index is 0.0734. The summed E-state index contributed by atoms with van der Waals surface area (Å²) in [5.74, 6) is 0.469. The highest BCUT2D eigenvalue weighted by molar-refractivity contribution is 6.34. The molecule has 2 atom stereocenters. The van der Waals surface area contributed by atoms with Crippen LogP contribution in [0.2, 0.25) is 5.02 Å². The Morgan fingerprint density at radius 1 is 1.37 bits per heavy atom. The van der Waals surface area contributed by atoms with E-state index in [1.165, 1.54) is 0 Å². The topological polar surface area (TPSA) is 55.1 Å². The lowest BCUT2D eigenvalue weighted by molar-refractivity contribution is 0.0937. The summed E-state index contributed by atoms with van der Waals surface area (Å²) >= 11 is 6.16. The Balaban J connectivity index is 2.06. The Morgan fingerprint density at radius 3 is 2.68 bits per heavy atom. The molecule has 1 aliphatic carbocycles. The summed E-state index contributed by atoms with van der Waals surface area (Å²) in [5.41, 5.74) is 8.42. The first-order valence-corrected chi connectivity index (χ1v) is 7.16. The number of benzene rings is 1. The summed E-state index contributed by atoms with van der Waals surface area (Å²) in [6, 6.07) is 3.95. The number of aryl methyl sites for hydroxylation is 2. The normalized spacial score (nSPS) is 22.5. The highest BCUT2D eigenvalue weighted by atomic mass is 35.5. The summed E-state index contributed by atoms with van der Waals surface area (Å²) in [5, 5.41) is 3.59. The number of amides is 1. The average Bonchev–Trinajstić information content (AvgIpc) is 2.81. The van der Waals surface area contributed by atoms with Gasteiger partial charge in [-0.05, 0) is 68.8 Å². The summed E-state index contributed by atoms with van der Waals surface area (Å²) in [6.45, 7) is 4.69. The van der Waals surface area contributed by atoms with E-state index in [2.05, 4.69) is 5.32 Å². The van der Waals surface area contributed by atoms with Crippen LogP contribution >= 0.6 is 11.6 Å². The van der Waals surface area contributed by atoms with Gasteiger partial charge in [-0.25, -0.2) is 0 Å². The zero-order valence-corrected chi connectivity index (χ0v) is 12.3. The molecular weight excluding hydrogens is 260 g/mol. The molecule has 0 bridgehead atoms. The van der Waals surface area contributed by atoms with Gasteiger partial charge in [-0.15, -0.1) is 0 Å². The van der Waals surface area contributed by atoms with Crippen LogP contribution in [-0.2, 0) is 0 Å². The van der Waals surface area contributed by atoms with Crippen LogP contribution in [-0.4, -0.2) is 18.5 Å². The molecule has 1 amide bonds. The fourth-order valence-corrected chi connectivity index (χ4v) is 2.94. The second-order valence-corrected chi connectivity index (χ2v) is 5.91. The molecule has 1 aromatic carbocycles. The Kier molecular flexibility index (Phi) is 4.48. The molecule has 0 spiro atoms. The van der Waals surface area contributed by atoms with Gasteiger partial charge in [-0.2, -0.15) is 0 Å². The number of nitrogens with one attached hydrogen (secondary N) is 1. The Morgan fingerprint density at radius 2 is 2.05 bits per heavy atom. The third-order valence-electron chi connectivity index (χ3n) is 4.04. The quantitative estimate of drug-likeness (QED) is 0.894. The van der Waals surface area contributed by atoms with E-state index < -0.39 is 0 Å². The van der Waals surface area contributed by atoms with Gasteiger partial charge in [0.2, 0.25) is 0 Å². The van der Waals surface area contributed by atoms with Crippen molar-refractivity contribution in [2.75, 3.05) is 6.54 Å². The fourth-order valence-electron chi connectivity index (χ4n) is 2.64. The molecule has 0 heterocycles. The Hall–Kier alpha value is -1.06. The lowest BCUT2D eigenvalue weighted by Crippen LogP contribution is -2.33. The van der Waals surface area contributed by atoms with Gasteiger partial charge >= 0.3 is 0 Å². The zero-order chi connectivity index (χ0) is 14.0. The van der Waals surface area contributed by atoms with Gasteiger partial charge in [0, 0.05) is 6.04 Å². The van der Waals surface area contributed by atoms with Crippen molar-refractivity contribution < 1.29 is 4.79 Å². The summed E-state index contributed by atoms with van der Waals surface area (Å²) in [4.78, 5) is 12.3. The molecule has 19 heavy (non-hydrogen) atoms. The maximum Gasteiger partial charge on any atom is 0.253 e. The van der Waals surface area contributed by atoms with Crippen molar-refractivity contribution >= 4 is 17.5 Å². The number of rotatable bonds is 3. The van der Waals surface area contributed by atoms with E-state index in [1.807, 2.05) is 26.0 Å². The molecule has 1 saturated carbocycles. The molecule has 1 aliphatic rings. The molecule has 2 rings (SSSR count). The van der Waals surface area contributed by atoms with Crippen LogP contribution in [0.4, 0.5) is 0 Å². The highest BCUT2D eigenvalue weighted by Crippen LogP contribution is 2.26. The molecule has 1 fully saturated rings. The second-order valence-electron chi connectivity index (χ2n) is 5.50. The van der Waals surface area contributed by atoms with Crippen LogP contribution in [0.25, 0.3) is 0 Å². The van der Waals surface area contributed by atoms with Crippen molar-refractivity contribution in [3.63, 3.8) is 0 Å². The summed E-state index contributed by atoms with van der Waals surface area (Å²) in [7, 11) is 0. The van der Waals surface area contributed by atoms with Gasteiger partial charge in [-0.1, -0.05) is 11.6 Å². The van der Waals surface area contributed by atoms with Gasteiger partial charge in [0.1, 0.15) is 0 Å². The van der Waals surface area contributed by atoms with Crippen molar-refractivity contribution in [2.24, 2.45) is 11.7 Å². The summed E-state index contributed by atoms with van der Waals surface area (Å²) in [6.07, 6.45) is 3.09. The molecule has 0 aromatic heterocycles. The van der Waals surface area contributed by atoms with E-state index in [0.717, 1.165) is 30.4 Å². The molecule has 1 aromatic rings. The minimum Gasteiger partial charge on any atom is -0.349 e. The van der Waals surface area contributed by atoms with E-state index >= 15 is 0 Å². The zero-order valence-electron chi connectivity index (χ0n) is 11.5. The van der Waals surface area contributed by atoms with E-state index in [1.54, 1.807) is 0 Å². The summed E-state index contributed by atoms with van der Waals surface area (Å²) < 4.78 is 0. The Labute approximate surface area is 119 Å². The van der Waals surface area contributed by atoms with Gasteiger partial charge in [0.15, 0.2) is 0 Å². The van der Waals surface area contributed by atoms with Crippen LogP contribution in [0.15, 0.2) is 12.1 Å². The van der Waals surface area contributed by atoms with Crippen LogP contribution in [0, 0.1) is 19.8 Å². The Bertz CT molecular complexity index is 487. The molecular formula is C15H21ClN2O. The third-order valence-corrected chi connectivity index (χ3v) is 4.35. The number of carbonyl (C=O) groups is 1. The monoisotopic (exact) mass is 280 g/mol. The lowest BCUT2D eigenvalue weighted by atomic mass is 10.1. The molecule has 0 radical (unpaired) electrons. The largest absolute Gasteiger partial charge is 0.349 e. The van der Waals surface area contributed by atoms with E-state index in [0.29, 0.717) is 23.0 Å². The number of carbonyl (C=O) groups excluding carboxylic acids is 1. The van der Waals surface area contributed by atoms with Crippen LogP contribution in [0.1, 0.15) is 40.7 Å². The lowest BCUT2D eigenvalue weighted by Gasteiger charge is -2.14. The maximum absolute atomic E-state index is 12.3. The van der Waals surface area contributed by atoms with Crippen LogP contribution in [0.5, 0.6) is 0 Å². The first kappa shape index (κ1) is 14.4. The van der Waals surface area contributed by atoms with Crippen molar-refractivity contribution in [3.05, 3.63) is 33.8 Å². The molecule has 0 saturated heterocycles. The van der Waals surface area contributed by atoms with E-state index in [9.17, 15) is 4.79 Å². The average molecular weight is 281 g/mol. The molecule has 3 nitrogen and oxygen atoms in total. The standard InChI is InChI=1S/C15H21ClN2O/c1-9-5-13(14(16)6-10(9)2)15(19)18-12-4-3-11(7-12)8-17/h5-6,11-12H,3-4,7-8,17H2,1-2H3,(H,18,19)/t11-,12-/m0/s1. The van der Waals surface area contributed by atoms with Gasteiger partial charge in [-0.3, -0.25) is 4.79 Å². The van der Waals surface area contributed by atoms with Crippen molar-refractivity contribution in [2.45, 2.75) is 39.2 Å². The molecule has 3 N–H and O–H groups in total.